The van der Waals surface area contributed by atoms with E-state index in [-0.39, 0.29) is 5.69 Å². The molecule has 4 aromatic rings. The first-order valence-electron chi connectivity index (χ1n) is 12.1. The predicted octanol–water partition coefficient (Wildman–Crippen LogP) is 4.50. The third kappa shape index (κ3) is 4.44. The molecule has 176 valence electrons. The molecule has 0 bridgehead atoms. The molecule has 3 aromatic heterocycles. The molecule has 0 aliphatic heterocycles. The van der Waals surface area contributed by atoms with Gasteiger partial charge in [-0.25, -0.2) is 4.79 Å². The van der Waals surface area contributed by atoms with E-state index < -0.39 is 0 Å². The first-order valence-corrected chi connectivity index (χ1v) is 12.1. The molecule has 1 saturated carbocycles. The van der Waals surface area contributed by atoms with Crippen LogP contribution in [-0.4, -0.2) is 34.7 Å². The number of unbranched alkanes of at least 4 members (excludes halogenated alkanes) is 1. The van der Waals surface area contributed by atoms with Crippen molar-refractivity contribution in [1.82, 2.24) is 34.7 Å². The SMILES string of the molecule is CCCCc1cn(C2CC2C(C)C)c(=O)n1Cc1cc(-c2cccc(-c3nn[nH]n3)c2)ccn1. The Hall–Kier alpha value is -3.55. The van der Waals surface area contributed by atoms with Crippen molar-refractivity contribution >= 4 is 0 Å². The molecule has 3 heterocycles. The Kier molecular flexibility index (Phi) is 6.13. The number of pyridine rings is 1. The Bertz CT molecular complexity index is 1320. The van der Waals surface area contributed by atoms with Gasteiger partial charge in [-0.2, -0.15) is 5.21 Å². The quantitative estimate of drug-likeness (QED) is 0.399. The topological polar surface area (TPSA) is 94.3 Å². The molecule has 1 N–H and O–H groups in total. The lowest BCUT2D eigenvalue weighted by Gasteiger charge is -2.09. The van der Waals surface area contributed by atoms with Crippen LogP contribution in [0.25, 0.3) is 22.5 Å². The number of aryl methyl sites for hydroxylation is 1. The van der Waals surface area contributed by atoms with Gasteiger partial charge in [-0.15, -0.1) is 10.2 Å². The molecule has 1 fully saturated rings. The molecule has 34 heavy (non-hydrogen) atoms. The van der Waals surface area contributed by atoms with Crippen LogP contribution in [0.1, 0.15) is 57.5 Å². The van der Waals surface area contributed by atoms with Gasteiger partial charge in [0.05, 0.1) is 12.2 Å². The van der Waals surface area contributed by atoms with E-state index in [2.05, 4.69) is 64.7 Å². The standard InChI is InChI=1S/C26H31N7O/c1-4-5-9-22-16-33(24-14-23(24)17(2)3)26(34)32(22)15-21-13-19(10-11-27-21)18-7-6-8-20(12-18)25-28-30-31-29-25/h6-8,10-13,16-17,23-24H,4-5,9,14-15H2,1-3H3,(H,28,29,30,31). The summed E-state index contributed by atoms with van der Waals surface area (Å²) in [6.07, 6.45) is 8.09. The van der Waals surface area contributed by atoms with Crippen molar-refractivity contribution in [2.45, 2.75) is 59.0 Å². The fourth-order valence-corrected chi connectivity index (χ4v) is 4.78. The number of benzene rings is 1. The van der Waals surface area contributed by atoms with Gasteiger partial charge in [0.25, 0.3) is 0 Å². The van der Waals surface area contributed by atoms with Crippen LogP contribution in [0.5, 0.6) is 0 Å². The summed E-state index contributed by atoms with van der Waals surface area (Å²) in [4.78, 5) is 18.0. The monoisotopic (exact) mass is 457 g/mol. The average Bonchev–Trinajstić information content (AvgIpc) is 3.34. The Balaban J connectivity index is 1.44. The Morgan fingerprint density at radius 1 is 1.15 bits per heavy atom. The first-order chi connectivity index (χ1) is 16.5. The van der Waals surface area contributed by atoms with Crippen molar-refractivity contribution in [3.8, 4) is 22.5 Å². The molecule has 1 aromatic carbocycles. The second-order valence-electron chi connectivity index (χ2n) is 9.56. The Morgan fingerprint density at radius 2 is 1.97 bits per heavy atom. The summed E-state index contributed by atoms with van der Waals surface area (Å²) in [5.41, 5.74) is 5.04. The van der Waals surface area contributed by atoms with Crippen molar-refractivity contribution in [3.63, 3.8) is 0 Å². The smallest absolute Gasteiger partial charge is 0.296 e. The van der Waals surface area contributed by atoms with Crippen molar-refractivity contribution in [2.24, 2.45) is 11.8 Å². The second-order valence-corrected chi connectivity index (χ2v) is 9.56. The van der Waals surface area contributed by atoms with Crippen LogP contribution in [0, 0.1) is 11.8 Å². The van der Waals surface area contributed by atoms with Gasteiger partial charge in [0.1, 0.15) is 0 Å². The van der Waals surface area contributed by atoms with Crippen LogP contribution >= 0.6 is 0 Å². The summed E-state index contributed by atoms with van der Waals surface area (Å²) in [7, 11) is 0. The zero-order valence-electron chi connectivity index (χ0n) is 20.0. The maximum Gasteiger partial charge on any atom is 0.328 e. The summed E-state index contributed by atoms with van der Waals surface area (Å²) in [5, 5.41) is 14.3. The summed E-state index contributed by atoms with van der Waals surface area (Å²) < 4.78 is 3.90. The van der Waals surface area contributed by atoms with Crippen LogP contribution in [0.2, 0.25) is 0 Å². The van der Waals surface area contributed by atoms with E-state index in [0.29, 0.717) is 30.2 Å². The number of aromatic amines is 1. The van der Waals surface area contributed by atoms with Gasteiger partial charge >= 0.3 is 5.69 Å². The molecule has 1 aliphatic rings. The number of H-pyrrole nitrogens is 1. The molecule has 0 radical (unpaired) electrons. The molecule has 1 aliphatic carbocycles. The van der Waals surface area contributed by atoms with Crippen LogP contribution in [0.3, 0.4) is 0 Å². The van der Waals surface area contributed by atoms with E-state index in [1.54, 1.807) is 0 Å². The third-order valence-electron chi connectivity index (χ3n) is 6.83. The van der Waals surface area contributed by atoms with Gasteiger partial charge < -0.3 is 0 Å². The number of rotatable bonds is 9. The number of tetrazole rings is 1. The van der Waals surface area contributed by atoms with Crippen molar-refractivity contribution in [1.29, 1.82) is 0 Å². The lowest BCUT2D eigenvalue weighted by atomic mass is 10.0. The summed E-state index contributed by atoms with van der Waals surface area (Å²) in [6.45, 7) is 7.15. The fraction of sp³-hybridized carbons (Fsp3) is 0.423. The van der Waals surface area contributed by atoms with Gasteiger partial charge in [0, 0.05) is 29.7 Å². The molecule has 2 unspecified atom stereocenters. The van der Waals surface area contributed by atoms with Gasteiger partial charge in [0.15, 0.2) is 0 Å². The predicted molar refractivity (Wildman–Crippen MR) is 131 cm³/mol. The largest absolute Gasteiger partial charge is 0.328 e. The molecule has 2 atom stereocenters. The fourth-order valence-electron chi connectivity index (χ4n) is 4.78. The molecular weight excluding hydrogens is 426 g/mol. The van der Waals surface area contributed by atoms with Crippen LogP contribution in [0.15, 0.2) is 53.6 Å². The van der Waals surface area contributed by atoms with Crippen LogP contribution < -0.4 is 5.69 Å². The van der Waals surface area contributed by atoms with E-state index >= 15 is 0 Å². The van der Waals surface area contributed by atoms with E-state index in [4.69, 9.17) is 0 Å². The van der Waals surface area contributed by atoms with E-state index in [0.717, 1.165) is 53.8 Å². The third-order valence-corrected chi connectivity index (χ3v) is 6.83. The Morgan fingerprint density at radius 3 is 2.71 bits per heavy atom. The van der Waals surface area contributed by atoms with Crippen molar-refractivity contribution in [2.75, 3.05) is 0 Å². The van der Waals surface area contributed by atoms with Gasteiger partial charge in [-0.05, 0) is 65.6 Å². The Labute approximate surface area is 199 Å². The maximum absolute atomic E-state index is 13.4. The molecule has 5 rings (SSSR count). The number of nitrogens with zero attached hydrogens (tertiary/aromatic N) is 6. The lowest BCUT2D eigenvalue weighted by molar-refractivity contribution is 0.499. The highest BCUT2D eigenvalue weighted by molar-refractivity contribution is 5.70. The van der Waals surface area contributed by atoms with Crippen molar-refractivity contribution < 1.29 is 0 Å². The van der Waals surface area contributed by atoms with E-state index in [1.807, 2.05) is 39.6 Å². The number of hydrogen-bond acceptors (Lipinski definition) is 5. The minimum absolute atomic E-state index is 0.0885. The van der Waals surface area contributed by atoms with Crippen LogP contribution in [-0.2, 0) is 13.0 Å². The van der Waals surface area contributed by atoms with Gasteiger partial charge in [0.2, 0.25) is 5.82 Å². The normalized spacial score (nSPS) is 17.4. The van der Waals surface area contributed by atoms with E-state index in [9.17, 15) is 4.79 Å². The zero-order chi connectivity index (χ0) is 23.7. The molecule has 8 nitrogen and oxygen atoms in total. The van der Waals surface area contributed by atoms with E-state index in [1.165, 1.54) is 0 Å². The summed E-state index contributed by atoms with van der Waals surface area (Å²) in [5.74, 6) is 1.76. The second kappa shape index (κ2) is 9.37. The molecule has 0 saturated heterocycles. The van der Waals surface area contributed by atoms with Crippen molar-refractivity contribution in [3.05, 3.63) is 70.7 Å². The number of aromatic nitrogens is 7. The zero-order valence-corrected chi connectivity index (χ0v) is 20.0. The summed E-state index contributed by atoms with van der Waals surface area (Å²) in [6, 6.07) is 12.4. The number of hydrogen-bond donors (Lipinski definition) is 1. The van der Waals surface area contributed by atoms with Gasteiger partial charge in [-0.3, -0.25) is 14.1 Å². The maximum atomic E-state index is 13.4. The summed E-state index contributed by atoms with van der Waals surface area (Å²) >= 11 is 0. The highest BCUT2D eigenvalue weighted by Gasteiger charge is 2.42. The lowest BCUT2D eigenvalue weighted by Crippen LogP contribution is -2.26. The highest BCUT2D eigenvalue weighted by atomic mass is 16.1. The van der Waals surface area contributed by atoms with Gasteiger partial charge in [-0.1, -0.05) is 45.4 Å². The highest BCUT2D eigenvalue weighted by Crippen LogP contribution is 2.47. The number of imidazole rings is 1. The minimum Gasteiger partial charge on any atom is -0.296 e. The first kappa shape index (κ1) is 22.3. The molecule has 0 amide bonds. The van der Waals surface area contributed by atoms with Crippen LogP contribution in [0.4, 0.5) is 0 Å². The molecule has 8 heteroatoms. The molecule has 0 spiro atoms. The average molecular weight is 458 g/mol. The number of nitrogens with one attached hydrogen (secondary N) is 1. The minimum atomic E-state index is 0.0885. The molecular formula is C26H31N7O.